The number of hydrogen-bond donors (Lipinski definition) is 2. The molecular formula is C16H28F2N2O3. The van der Waals surface area contributed by atoms with Crippen LogP contribution in [0.4, 0.5) is 8.78 Å². The third-order valence-electron chi connectivity index (χ3n) is 4.85. The van der Waals surface area contributed by atoms with Crippen molar-refractivity contribution in [3.63, 3.8) is 0 Å². The third kappa shape index (κ3) is 5.97. The Labute approximate surface area is 136 Å². The van der Waals surface area contributed by atoms with Gasteiger partial charge in [0.2, 0.25) is 11.8 Å². The molecule has 0 spiro atoms. The number of ether oxygens (including phenoxy) is 1. The number of piperidine rings is 1. The van der Waals surface area contributed by atoms with Gasteiger partial charge in [0.05, 0.1) is 12.7 Å². The molecule has 0 aromatic carbocycles. The average molecular weight is 334 g/mol. The number of amides is 1. The number of aliphatic hydroxyl groups excluding tert-OH is 1. The zero-order valence-electron chi connectivity index (χ0n) is 13.8. The van der Waals surface area contributed by atoms with Gasteiger partial charge in [-0.15, -0.1) is 0 Å². The van der Waals surface area contributed by atoms with E-state index in [4.69, 9.17) is 4.74 Å². The predicted molar refractivity (Wildman–Crippen MR) is 82.4 cm³/mol. The molecule has 0 aromatic rings. The maximum Gasteiger partial charge on any atom is 0.248 e. The number of aliphatic hydroxyl groups is 1. The van der Waals surface area contributed by atoms with E-state index in [2.05, 4.69) is 10.2 Å². The molecule has 2 fully saturated rings. The van der Waals surface area contributed by atoms with Crippen molar-refractivity contribution in [2.45, 2.75) is 56.6 Å². The van der Waals surface area contributed by atoms with E-state index in [9.17, 15) is 18.7 Å². The first-order valence-corrected chi connectivity index (χ1v) is 8.47. The topological polar surface area (TPSA) is 61.8 Å². The zero-order valence-corrected chi connectivity index (χ0v) is 13.8. The Bertz CT molecular complexity index is 378. The largest absolute Gasteiger partial charge is 0.389 e. The number of hydrogen-bond acceptors (Lipinski definition) is 4. The zero-order chi connectivity index (χ0) is 16.9. The number of alkyl halides is 2. The van der Waals surface area contributed by atoms with Gasteiger partial charge in [0.15, 0.2) is 0 Å². The third-order valence-corrected chi connectivity index (χ3v) is 4.85. The molecule has 134 valence electrons. The van der Waals surface area contributed by atoms with Crippen molar-refractivity contribution in [1.29, 1.82) is 0 Å². The lowest BCUT2D eigenvalue weighted by Gasteiger charge is -2.34. The second kappa shape index (κ2) is 8.35. The first-order valence-electron chi connectivity index (χ1n) is 8.47. The van der Waals surface area contributed by atoms with Crippen LogP contribution in [0.2, 0.25) is 0 Å². The predicted octanol–water partition coefficient (Wildman–Crippen LogP) is 1.40. The summed E-state index contributed by atoms with van der Waals surface area (Å²) in [4.78, 5) is 14.4. The van der Waals surface area contributed by atoms with Crippen molar-refractivity contribution < 1.29 is 23.4 Å². The van der Waals surface area contributed by atoms with Gasteiger partial charge in [-0.05, 0) is 25.7 Å². The molecule has 2 aliphatic rings. The number of nitrogens with zero attached hydrogens (tertiary/aromatic N) is 1. The van der Waals surface area contributed by atoms with Gasteiger partial charge in [-0.1, -0.05) is 0 Å². The molecule has 23 heavy (non-hydrogen) atoms. The first-order chi connectivity index (χ1) is 10.9. The summed E-state index contributed by atoms with van der Waals surface area (Å²) >= 11 is 0. The van der Waals surface area contributed by atoms with Gasteiger partial charge in [0, 0.05) is 51.5 Å². The molecule has 1 aliphatic carbocycles. The van der Waals surface area contributed by atoms with E-state index in [1.165, 1.54) is 0 Å². The molecule has 0 aromatic heterocycles. The summed E-state index contributed by atoms with van der Waals surface area (Å²) in [6.45, 7) is 2.53. The number of rotatable bonds is 6. The summed E-state index contributed by atoms with van der Waals surface area (Å²) < 4.78 is 31.2. The fourth-order valence-electron chi connectivity index (χ4n) is 3.42. The summed E-state index contributed by atoms with van der Waals surface area (Å²) in [7, 11) is 1.56. The van der Waals surface area contributed by atoms with E-state index >= 15 is 0 Å². The molecule has 2 N–H and O–H groups in total. The summed E-state index contributed by atoms with van der Waals surface area (Å²) in [6.07, 6.45) is 1.36. The molecule has 7 heteroatoms. The number of carbonyl (C=O) groups excluding carboxylic acids is 1. The fraction of sp³-hybridized carbons (Fsp3) is 0.938. The highest BCUT2D eigenvalue weighted by Crippen LogP contribution is 2.36. The monoisotopic (exact) mass is 334 g/mol. The summed E-state index contributed by atoms with van der Waals surface area (Å²) in [5, 5.41) is 12.7. The van der Waals surface area contributed by atoms with Gasteiger partial charge in [-0.2, -0.15) is 0 Å². The molecule has 1 amide bonds. The van der Waals surface area contributed by atoms with Crippen LogP contribution in [-0.2, 0) is 9.53 Å². The highest BCUT2D eigenvalue weighted by Gasteiger charge is 2.37. The molecule has 5 nitrogen and oxygen atoms in total. The van der Waals surface area contributed by atoms with Crippen LogP contribution in [0.5, 0.6) is 0 Å². The summed E-state index contributed by atoms with van der Waals surface area (Å²) in [6, 6.07) is 0.112. The lowest BCUT2D eigenvalue weighted by atomic mass is 9.86. The highest BCUT2D eigenvalue weighted by molar-refractivity contribution is 5.79. The van der Waals surface area contributed by atoms with E-state index in [0.717, 1.165) is 25.9 Å². The minimum Gasteiger partial charge on any atom is -0.389 e. The van der Waals surface area contributed by atoms with Crippen molar-refractivity contribution in [3.8, 4) is 0 Å². The fourth-order valence-corrected chi connectivity index (χ4v) is 3.42. The Hall–Kier alpha value is -0.790. The van der Waals surface area contributed by atoms with Crippen molar-refractivity contribution in [2.24, 2.45) is 5.92 Å². The Morgan fingerprint density at radius 3 is 2.48 bits per heavy atom. The Kier molecular flexibility index (Phi) is 6.73. The molecule has 1 atom stereocenters. The first kappa shape index (κ1) is 18.5. The minimum atomic E-state index is -2.59. The molecule has 0 bridgehead atoms. The normalized spacial score (nSPS) is 25.2. The molecular weight excluding hydrogens is 306 g/mol. The second-order valence-electron chi connectivity index (χ2n) is 6.82. The van der Waals surface area contributed by atoms with Gasteiger partial charge in [-0.25, -0.2) is 8.78 Å². The van der Waals surface area contributed by atoms with Crippen LogP contribution in [-0.4, -0.2) is 67.3 Å². The smallest absolute Gasteiger partial charge is 0.248 e. The van der Waals surface area contributed by atoms with E-state index in [1.807, 2.05) is 0 Å². The van der Waals surface area contributed by atoms with Crippen LogP contribution < -0.4 is 5.32 Å². The number of β-amino-alcohol motifs (C(OH)–C–C–N with tert-alkyl or cyclic N) is 1. The number of nitrogens with one attached hydrogen (secondary N) is 1. The van der Waals surface area contributed by atoms with Gasteiger partial charge in [0.25, 0.3) is 0 Å². The van der Waals surface area contributed by atoms with Gasteiger partial charge < -0.3 is 20.1 Å². The Balaban J connectivity index is 1.67. The molecule has 2 rings (SSSR count). The number of carbonyl (C=O) groups is 1. The van der Waals surface area contributed by atoms with Crippen molar-refractivity contribution in [3.05, 3.63) is 0 Å². The second-order valence-corrected chi connectivity index (χ2v) is 6.82. The number of likely N-dealkylation sites (tertiary alicyclic amines) is 1. The molecule has 1 heterocycles. The van der Waals surface area contributed by atoms with Crippen LogP contribution >= 0.6 is 0 Å². The van der Waals surface area contributed by atoms with E-state index in [-0.39, 0.29) is 43.6 Å². The van der Waals surface area contributed by atoms with Gasteiger partial charge in [-0.3, -0.25) is 4.79 Å². The van der Waals surface area contributed by atoms with Gasteiger partial charge in [0.1, 0.15) is 0 Å². The molecule has 1 unspecified atom stereocenters. The number of halogens is 2. The highest BCUT2D eigenvalue weighted by atomic mass is 19.3. The average Bonchev–Trinajstić information content (AvgIpc) is 2.49. The van der Waals surface area contributed by atoms with Crippen LogP contribution in [0.15, 0.2) is 0 Å². The van der Waals surface area contributed by atoms with Crippen molar-refractivity contribution in [1.82, 2.24) is 10.2 Å². The van der Waals surface area contributed by atoms with Crippen LogP contribution in [0.1, 0.15) is 38.5 Å². The Morgan fingerprint density at radius 1 is 1.30 bits per heavy atom. The Morgan fingerprint density at radius 2 is 1.91 bits per heavy atom. The maximum atomic E-state index is 13.1. The van der Waals surface area contributed by atoms with E-state index < -0.39 is 12.0 Å². The molecule has 1 aliphatic heterocycles. The lowest BCUT2D eigenvalue weighted by Crippen LogP contribution is -2.48. The quantitative estimate of drug-likeness (QED) is 0.771. The van der Waals surface area contributed by atoms with E-state index in [0.29, 0.717) is 13.2 Å². The van der Waals surface area contributed by atoms with Crippen molar-refractivity contribution in [2.75, 3.05) is 33.4 Å². The van der Waals surface area contributed by atoms with Gasteiger partial charge >= 0.3 is 0 Å². The minimum absolute atomic E-state index is 0.0710. The number of methoxy groups -OCH3 is 1. The maximum absolute atomic E-state index is 13.1. The standard InChI is InChI=1S/C16H28F2N2O3/c1-23-11-14(21)10-20-8-4-13(5-9-20)19-15(22)12-2-6-16(17,18)7-3-12/h12-14,21H,2-11H2,1H3,(H,19,22). The van der Waals surface area contributed by atoms with E-state index in [1.54, 1.807) is 7.11 Å². The lowest BCUT2D eigenvalue weighted by molar-refractivity contribution is -0.130. The molecule has 1 saturated heterocycles. The van der Waals surface area contributed by atoms with Crippen LogP contribution in [0.25, 0.3) is 0 Å². The van der Waals surface area contributed by atoms with Crippen LogP contribution in [0.3, 0.4) is 0 Å². The summed E-state index contributed by atoms with van der Waals surface area (Å²) in [5.41, 5.74) is 0. The molecule has 0 radical (unpaired) electrons. The van der Waals surface area contributed by atoms with Crippen molar-refractivity contribution >= 4 is 5.91 Å². The summed E-state index contributed by atoms with van der Waals surface area (Å²) in [5.74, 6) is -2.93. The molecule has 1 saturated carbocycles. The van der Waals surface area contributed by atoms with Crippen LogP contribution in [0, 0.1) is 5.92 Å². The SMILES string of the molecule is COCC(O)CN1CCC(NC(=O)C2CCC(F)(F)CC2)CC1.